The van der Waals surface area contributed by atoms with Crippen molar-refractivity contribution in [2.45, 2.75) is 82.1 Å². The van der Waals surface area contributed by atoms with Gasteiger partial charge in [0.2, 0.25) is 5.91 Å². The van der Waals surface area contributed by atoms with Crippen LogP contribution in [-0.4, -0.2) is 82.0 Å². The Morgan fingerprint density at radius 3 is 2.68 bits per heavy atom. The zero-order chi connectivity index (χ0) is 24.6. The van der Waals surface area contributed by atoms with Gasteiger partial charge in [0.15, 0.2) is 0 Å². The van der Waals surface area contributed by atoms with Crippen LogP contribution >= 0.6 is 0 Å². The first-order valence-electron chi connectivity index (χ1n) is 13.2. The van der Waals surface area contributed by atoms with Gasteiger partial charge in [-0.2, -0.15) is 5.26 Å². The van der Waals surface area contributed by atoms with Gasteiger partial charge in [-0.05, 0) is 77.0 Å². The Labute approximate surface area is 205 Å². The maximum absolute atomic E-state index is 13.6. The summed E-state index contributed by atoms with van der Waals surface area (Å²) >= 11 is 0. The summed E-state index contributed by atoms with van der Waals surface area (Å²) in [6, 6.07) is 2.14. The molecular weight excluding hydrogens is 430 g/mol. The number of ether oxygens (including phenoxy) is 1. The van der Waals surface area contributed by atoms with Crippen LogP contribution in [-0.2, 0) is 9.53 Å². The Hall–Kier alpha value is -1.28. The Kier molecular flexibility index (Phi) is 10.6. The fraction of sp³-hybridized carbons (Fsp3) is 0.920. The van der Waals surface area contributed by atoms with Crippen LogP contribution < -0.4 is 27.4 Å². The molecule has 0 bridgehead atoms. The number of nitriles is 1. The van der Waals surface area contributed by atoms with E-state index in [1.165, 1.54) is 25.7 Å². The molecule has 0 aromatic carbocycles. The number of nitrogens with zero attached hydrogens (tertiary/aromatic N) is 2. The van der Waals surface area contributed by atoms with Crippen molar-refractivity contribution in [3.8, 4) is 6.07 Å². The minimum Gasteiger partial charge on any atom is -0.375 e. The molecule has 9 heteroatoms. The van der Waals surface area contributed by atoms with Gasteiger partial charge in [0.05, 0.1) is 36.9 Å². The van der Waals surface area contributed by atoms with E-state index in [1.54, 1.807) is 0 Å². The van der Waals surface area contributed by atoms with Gasteiger partial charge in [-0.25, -0.2) is 0 Å². The molecule has 1 saturated carbocycles. The number of likely N-dealkylation sites (N-methyl/N-ethyl adjacent to an activating group) is 1. The number of carbonyl (C=O) groups excluding carboxylic acids is 1. The standard InChI is InChI=1S/C25H47N7O2/c1-32(2)13-14-34-21-7-12-29-17-20(21)31-24(33)22(23(27)28)19-15-25(8-3-4-9-25)10-5-18(6-11-26)16-30-19/h18-23,29-30H,3-10,12-17,27-28H2,1-2H3,(H,31,33). The molecule has 0 radical (unpaired) electrons. The average Bonchev–Trinajstić information content (AvgIpc) is 3.24. The van der Waals surface area contributed by atoms with Crippen LogP contribution in [0.2, 0.25) is 0 Å². The number of piperidine rings is 1. The summed E-state index contributed by atoms with van der Waals surface area (Å²) in [5.41, 5.74) is 12.8. The maximum atomic E-state index is 13.6. The summed E-state index contributed by atoms with van der Waals surface area (Å²) in [5.74, 6) is -0.310. The molecule has 1 spiro atoms. The SMILES string of the molecule is CN(C)CCOC1CCNCC1NC(=O)C(C(N)N)C1CC2(CCCC2)CCC(CC#N)CN1. The fourth-order valence-electron chi connectivity index (χ4n) is 6.18. The third-order valence-electron chi connectivity index (χ3n) is 8.22. The normalized spacial score (nSPS) is 30.6. The van der Waals surface area contributed by atoms with E-state index in [4.69, 9.17) is 16.2 Å². The average molecular weight is 478 g/mol. The van der Waals surface area contributed by atoms with Gasteiger partial charge < -0.3 is 37.1 Å². The number of carbonyl (C=O) groups is 1. The number of nitrogens with one attached hydrogen (secondary N) is 3. The fourth-order valence-corrected chi connectivity index (χ4v) is 6.18. The van der Waals surface area contributed by atoms with E-state index >= 15 is 0 Å². The van der Waals surface area contributed by atoms with Crippen LogP contribution in [0.3, 0.4) is 0 Å². The van der Waals surface area contributed by atoms with E-state index in [0.717, 1.165) is 45.3 Å². The van der Waals surface area contributed by atoms with Crippen molar-refractivity contribution in [3.05, 3.63) is 0 Å². The second-order valence-electron chi connectivity index (χ2n) is 11.1. The highest BCUT2D eigenvalue weighted by molar-refractivity contribution is 5.80. The summed E-state index contributed by atoms with van der Waals surface area (Å²) in [7, 11) is 4.05. The van der Waals surface area contributed by atoms with Crippen molar-refractivity contribution in [2.75, 3.05) is 46.9 Å². The third-order valence-corrected chi connectivity index (χ3v) is 8.22. The molecule has 2 saturated heterocycles. The number of rotatable bonds is 9. The first-order valence-corrected chi connectivity index (χ1v) is 13.2. The van der Waals surface area contributed by atoms with Gasteiger partial charge in [-0.3, -0.25) is 4.79 Å². The molecule has 9 nitrogen and oxygen atoms in total. The van der Waals surface area contributed by atoms with Crippen LogP contribution in [0.4, 0.5) is 0 Å². The number of hydrogen-bond acceptors (Lipinski definition) is 8. The molecule has 194 valence electrons. The molecule has 3 aliphatic rings. The first-order chi connectivity index (χ1) is 16.3. The Bertz CT molecular complexity index is 675. The predicted molar refractivity (Wildman–Crippen MR) is 134 cm³/mol. The summed E-state index contributed by atoms with van der Waals surface area (Å²) in [5, 5.41) is 19.6. The first kappa shape index (κ1) is 27.3. The molecule has 2 heterocycles. The van der Waals surface area contributed by atoms with Crippen molar-refractivity contribution in [1.29, 1.82) is 5.26 Å². The van der Waals surface area contributed by atoms with Crippen LogP contribution in [0.5, 0.6) is 0 Å². The lowest BCUT2D eigenvalue weighted by molar-refractivity contribution is -0.129. The highest BCUT2D eigenvalue weighted by Gasteiger charge is 2.43. The van der Waals surface area contributed by atoms with Crippen molar-refractivity contribution in [2.24, 2.45) is 28.7 Å². The maximum Gasteiger partial charge on any atom is 0.227 e. The van der Waals surface area contributed by atoms with Crippen LogP contribution in [0.25, 0.3) is 0 Å². The minimum absolute atomic E-state index is 0.0220. The Morgan fingerprint density at radius 2 is 2.00 bits per heavy atom. The second kappa shape index (κ2) is 13.1. The summed E-state index contributed by atoms with van der Waals surface area (Å²) in [4.78, 5) is 15.7. The number of nitrogens with two attached hydrogens (primary N) is 2. The van der Waals surface area contributed by atoms with E-state index < -0.39 is 12.1 Å². The summed E-state index contributed by atoms with van der Waals surface area (Å²) in [6.45, 7) is 3.77. The van der Waals surface area contributed by atoms with Crippen LogP contribution in [0.15, 0.2) is 0 Å². The number of hydrogen-bond donors (Lipinski definition) is 5. The molecule has 2 aliphatic heterocycles. The molecule has 1 aliphatic carbocycles. The zero-order valence-electron chi connectivity index (χ0n) is 21.2. The lowest BCUT2D eigenvalue weighted by Gasteiger charge is -2.42. The van der Waals surface area contributed by atoms with Crippen molar-refractivity contribution in [3.63, 3.8) is 0 Å². The topological polar surface area (TPSA) is 141 Å². The third kappa shape index (κ3) is 7.61. The largest absolute Gasteiger partial charge is 0.375 e. The molecule has 34 heavy (non-hydrogen) atoms. The number of amides is 1. The summed E-state index contributed by atoms with van der Waals surface area (Å²) < 4.78 is 6.14. The van der Waals surface area contributed by atoms with Crippen LogP contribution in [0.1, 0.15) is 57.8 Å². The molecule has 5 unspecified atom stereocenters. The Balaban J connectivity index is 1.70. The highest BCUT2D eigenvalue weighted by atomic mass is 16.5. The summed E-state index contributed by atoms with van der Waals surface area (Å²) in [6.07, 6.45) is 8.58. The smallest absolute Gasteiger partial charge is 0.227 e. The molecule has 7 N–H and O–H groups in total. The van der Waals surface area contributed by atoms with Crippen molar-refractivity contribution < 1.29 is 9.53 Å². The van der Waals surface area contributed by atoms with E-state index in [1.807, 2.05) is 14.1 Å². The van der Waals surface area contributed by atoms with Gasteiger partial charge in [0.25, 0.3) is 0 Å². The monoisotopic (exact) mass is 477 g/mol. The zero-order valence-corrected chi connectivity index (χ0v) is 21.2. The van der Waals surface area contributed by atoms with Gasteiger partial charge >= 0.3 is 0 Å². The molecule has 1 amide bonds. The van der Waals surface area contributed by atoms with Gasteiger partial charge in [0.1, 0.15) is 0 Å². The van der Waals surface area contributed by atoms with Gasteiger partial charge in [0, 0.05) is 25.6 Å². The van der Waals surface area contributed by atoms with Gasteiger partial charge in [-0.15, -0.1) is 0 Å². The predicted octanol–water partition coefficient (Wildman–Crippen LogP) is 0.503. The van der Waals surface area contributed by atoms with Crippen LogP contribution in [0, 0.1) is 28.6 Å². The van der Waals surface area contributed by atoms with E-state index in [-0.39, 0.29) is 29.5 Å². The van der Waals surface area contributed by atoms with Gasteiger partial charge in [-0.1, -0.05) is 12.8 Å². The van der Waals surface area contributed by atoms with Crippen molar-refractivity contribution >= 4 is 5.91 Å². The molecule has 3 rings (SSSR count). The lowest BCUT2D eigenvalue weighted by atomic mass is 9.70. The molecule has 5 atom stereocenters. The molecule has 0 aromatic heterocycles. The van der Waals surface area contributed by atoms with Crippen molar-refractivity contribution in [1.82, 2.24) is 20.9 Å². The minimum atomic E-state index is -0.755. The highest BCUT2D eigenvalue weighted by Crippen LogP contribution is 2.48. The molecular formula is C25H47N7O2. The Morgan fingerprint density at radius 1 is 1.24 bits per heavy atom. The quantitative estimate of drug-likeness (QED) is 0.302. The van der Waals surface area contributed by atoms with E-state index in [0.29, 0.717) is 25.5 Å². The second-order valence-corrected chi connectivity index (χ2v) is 11.1. The molecule has 0 aromatic rings. The molecule has 3 fully saturated rings. The van der Waals surface area contributed by atoms with E-state index in [9.17, 15) is 10.1 Å². The van der Waals surface area contributed by atoms with E-state index in [2.05, 4.69) is 26.9 Å². The lowest BCUT2D eigenvalue weighted by Crippen LogP contribution is -2.62.